The summed E-state index contributed by atoms with van der Waals surface area (Å²) in [6, 6.07) is 13.1. The Hall–Kier alpha value is -5.34. The zero-order valence-corrected chi connectivity index (χ0v) is 38.6. The summed E-state index contributed by atoms with van der Waals surface area (Å²) in [5, 5.41) is 7.26. The van der Waals surface area contributed by atoms with Crippen molar-refractivity contribution in [2.24, 2.45) is 0 Å². The molecule has 0 atom stereocenters. The van der Waals surface area contributed by atoms with E-state index in [1.165, 1.54) is 55.1 Å². The van der Waals surface area contributed by atoms with Crippen molar-refractivity contribution in [2.45, 2.75) is 18.5 Å². The van der Waals surface area contributed by atoms with E-state index in [2.05, 4.69) is 103 Å². The molecule has 0 spiro atoms. The molecule has 0 amide bonds. The number of nitrogens with one attached hydrogen (secondary N) is 3. The molecule has 8 rings (SSSR count). The van der Waals surface area contributed by atoms with E-state index in [9.17, 15) is 39.5 Å². The van der Waals surface area contributed by atoms with E-state index in [-0.39, 0.29) is 33.8 Å². The first-order valence-corrected chi connectivity index (χ1v) is 20.7. The third kappa shape index (κ3) is 14.6. The molecule has 5 heterocycles. The molecule has 0 saturated carbocycles. The van der Waals surface area contributed by atoms with E-state index in [0.717, 1.165) is 36.4 Å². The number of halogens is 15. The minimum atomic E-state index is -4.39. The molecule has 0 fully saturated rings. The molecule has 0 bridgehead atoms. The molecule has 65 heavy (non-hydrogen) atoms. The van der Waals surface area contributed by atoms with Crippen molar-refractivity contribution in [3.8, 4) is 0 Å². The average molecular weight is 1170 g/mol. The molecule has 0 saturated heterocycles. The van der Waals surface area contributed by atoms with Gasteiger partial charge in [0.2, 0.25) is 22.5 Å². The number of hydrogen-bond acceptors (Lipinski definition) is 12. The summed E-state index contributed by atoms with van der Waals surface area (Å²) in [6.07, 6.45) is -7.33. The molecule has 7 N–H and O–H groups in total. The van der Waals surface area contributed by atoms with Gasteiger partial charge in [-0.15, -0.1) is 0 Å². The lowest BCUT2D eigenvalue weighted by Crippen LogP contribution is -2.06. The number of anilines is 6. The number of rotatable bonds is 4. The van der Waals surface area contributed by atoms with Crippen molar-refractivity contribution in [3.63, 3.8) is 0 Å². The van der Waals surface area contributed by atoms with Crippen molar-refractivity contribution in [1.82, 2.24) is 44.9 Å². The molecular formula is C37H22Br3Cl3F9N13. The number of nitrogens with zero attached hydrogens (tertiary/aromatic N) is 8. The molecular weight excluding hydrogens is 1140 g/mol. The molecule has 0 aliphatic rings. The highest BCUT2D eigenvalue weighted by Crippen LogP contribution is 2.35. The Bertz CT molecular complexity index is 2840. The summed E-state index contributed by atoms with van der Waals surface area (Å²) in [5.41, 5.74) is 9.95. The van der Waals surface area contributed by atoms with Gasteiger partial charge in [0.25, 0.3) is 0 Å². The first-order chi connectivity index (χ1) is 30.4. The zero-order chi connectivity index (χ0) is 47.9. The van der Waals surface area contributed by atoms with Gasteiger partial charge in [-0.2, -0.15) is 54.5 Å². The van der Waals surface area contributed by atoms with Crippen LogP contribution in [0.4, 0.5) is 74.4 Å². The van der Waals surface area contributed by atoms with Gasteiger partial charge in [-0.05, 0) is 120 Å². The van der Waals surface area contributed by atoms with Crippen LogP contribution < -0.4 is 22.1 Å². The van der Waals surface area contributed by atoms with Crippen LogP contribution in [0.3, 0.4) is 0 Å². The van der Waals surface area contributed by atoms with Crippen LogP contribution >= 0.6 is 82.6 Å². The van der Waals surface area contributed by atoms with Crippen LogP contribution in [0, 0.1) is 0 Å². The Morgan fingerprint density at radius 1 is 0.508 bits per heavy atom. The number of aromatic nitrogens is 9. The van der Waals surface area contributed by atoms with Crippen LogP contribution in [0.15, 0.2) is 105 Å². The predicted octanol–water partition coefficient (Wildman–Crippen LogP) is 13.5. The third-order valence-corrected chi connectivity index (χ3v) is 10.4. The highest BCUT2D eigenvalue weighted by molar-refractivity contribution is 9.11. The van der Waals surface area contributed by atoms with Gasteiger partial charge in [0.1, 0.15) is 22.4 Å². The maximum Gasteiger partial charge on any atom is 0.416 e. The number of fused-ring (bicyclic) bond motifs is 3. The first kappa shape index (κ1) is 50.7. The number of benzene rings is 3. The van der Waals surface area contributed by atoms with Gasteiger partial charge in [0.05, 0.1) is 30.1 Å². The molecule has 5 aromatic heterocycles. The van der Waals surface area contributed by atoms with Crippen molar-refractivity contribution in [2.75, 3.05) is 22.1 Å². The molecule has 28 heteroatoms. The van der Waals surface area contributed by atoms with E-state index < -0.39 is 35.2 Å². The number of alkyl halides is 9. The Balaban J connectivity index is 0.000000167. The fraction of sp³-hybridized carbons (Fsp3) is 0.0811. The fourth-order valence-corrected chi connectivity index (χ4v) is 6.13. The Kier molecular flexibility index (Phi) is 16.6. The van der Waals surface area contributed by atoms with E-state index in [1.807, 2.05) is 0 Å². The number of hydrogen-bond donors (Lipinski definition) is 5. The highest BCUT2D eigenvalue weighted by Gasteiger charge is 2.32. The second-order valence-electron chi connectivity index (χ2n) is 12.3. The Morgan fingerprint density at radius 2 is 0.969 bits per heavy atom. The van der Waals surface area contributed by atoms with E-state index >= 15 is 0 Å². The second-order valence-corrected chi connectivity index (χ2v) is 15.9. The SMILES string of the molecule is Clc1ncc(Br)c(Cl)n1.FC(F)(F)c1cccc(Nc2nc(Cl)ncc2Br)c1.Nc1ncc(Br)c(Nc2cccc(C(F)(F)F)c2)n1.Nc1ncc2c(n1)[nH]c1cc(C(F)(F)F)ccc12. The Labute approximate surface area is 399 Å². The summed E-state index contributed by atoms with van der Waals surface area (Å²) in [7, 11) is 0. The second kappa shape index (κ2) is 21.3. The van der Waals surface area contributed by atoms with Gasteiger partial charge in [0, 0.05) is 52.5 Å². The molecule has 0 radical (unpaired) electrons. The topological polar surface area (TPSA) is 195 Å². The molecule has 340 valence electrons. The van der Waals surface area contributed by atoms with Crippen LogP contribution in [0.1, 0.15) is 16.7 Å². The number of aromatic amines is 1. The van der Waals surface area contributed by atoms with Crippen LogP contribution in [-0.2, 0) is 18.5 Å². The van der Waals surface area contributed by atoms with Crippen LogP contribution in [-0.4, -0.2) is 44.9 Å². The lowest BCUT2D eigenvalue weighted by Gasteiger charge is -2.11. The lowest BCUT2D eigenvalue weighted by atomic mass is 10.1. The maximum absolute atomic E-state index is 12.6. The average Bonchev–Trinajstić information content (AvgIpc) is 3.59. The van der Waals surface area contributed by atoms with Crippen LogP contribution in [0.5, 0.6) is 0 Å². The van der Waals surface area contributed by atoms with Crippen molar-refractivity contribution < 1.29 is 39.5 Å². The smallest absolute Gasteiger partial charge is 0.368 e. The molecule has 0 aliphatic carbocycles. The van der Waals surface area contributed by atoms with Crippen molar-refractivity contribution in [1.29, 1.82) is 0 Å². The van der Waals surface area contributed by atoms with Gasteiger partial charge in [-0.3, -0.25) is 0 Å². The largest absolute Gasteiger partial charge is 0.416 e. The number of nitrogen functional groups attached to an aromatic ring is 2. The van der Waals surface area contributed by atoms with E-state index in [4.69, 9.17) is 46.3 Å². The monoisotopic (exact) mass is 1160 g/mol. The van der Waals surface area contributed by atoms with Gasteiger partial charge in [-0.25, -0.2) is 24.9 Å². The molecule has 0 aliphatic heterocycles. The van der Waals surface area contributed by atoms with Crippen molar-refractivity contribution in [3.05, 3.63) is 137 Å². The summed E-state index contributed by atoms with van der Waals surface area (Å²) in [6.45, 7) is 0. The summed E-state index contributed by atoms with van der Waals surface area (Å²) in [5.74, 6) is 0.689. The quantitative estimate of drug-likeness (QED) is 0.0637. The fourth-order valence-electron chi connectivity index (χ4n) is 4.92. The zero-order valence-electron chi connectivity index (χ0n) is 31.6. The number of H-pyrrole nitrogens is 1. The van der Waals surface area contributed by atoms with Crippen molar-refractivity contribution >= 4 is 139 Å². The molecule has 13 nitrogen and oxygen atoms in total. The summed E-state index contributed by atoms with van der Waals surface area (Å²) in [4.78, 5) is 33.1. The maximum atomic E-state index is 12.6. The lowest BCUT2D eigenvalue weighted by molar-refractivity contribution is -0.138. The van der Waals surface area contributed by atoms with Gasteiger partial charge in [-0.1, -0.05) is 29.8 Å². The predicted molar refractivity (Wildman–Crippen MR) is 239 cm³/mol. The Morgan fingerprint density at radius 3 is 1.49 bits per heavy atom. The first-order valence-electron chi connectivity index (χ1n) is 17.2. The molecule has 3 aromatic carbocycles. The van der Waals surface area contributed by atoms with Crippen LogP contribution in [0.25, 0.3) is 21.9 Å². The normalized spacial score (nSPS) is 11.4. The summed E-state index contributed by atoms with van der Waals surface area (Å²) < 4.78 is 115. The molecule has 0 unspecified atom stereocenters. The van der Waals surface area contributed by atoms with E-state index in [0.29, 0.717) is 52.1 Å². The van der Waals surface area contributed by atoms with Gasteiger partial charge >= 0.3 is 18.5 Å². The highest BCUT2D eigenvalue weighted by atomic mass is 79.9. The minimum Gasteiger partial charge on any atom is -0.368 e. The number of nitrogens with two attached hydrogens (primary N) is 2. The molecule has 8 aromatic rings. The van der Waals surface area contributed by atoms with Crippen LogP contribution in [0.2, 0.25) is 15.7 Å². The third-order valence-electron chi connectivity index (χ3n) is 7.75. The van der Waals surface area contributed by atoms with Gasteiger partial charge < -0.3 is 27.1 Å². The standard InChI is InChI=1S/C11H6BrClF3N3.C11H8BrF3N4.C11H7F3N4.C4HBrCl2N2/c12-8-5-17-10(13)19-9(8)18-7-3-1-2-6(4-7)11(14,15)16;12-8-5-17-10(16)19-9(8)18-7-3-1-2-6(4-7)11(13,14)15;12-11(13,14)5-1-2-6-7-4-16-10(15)18-9(7)17-8(6)3-5;5-2-1-8-4(7)9-3(2)6/h1-5H,(H,17,18,19);1-5H,(H3,16,17,18,19);1-4H,(H3,15,16,17,18);1H. The van der Waals surface area contributed by atoms with E-state index in [1.54, 1.807) is 0 Å². The summed E-state index contributed by atoms with van der Waals surface area (Å²) >= 11 is 26.0. The minimum absolute atomic E-state index is 0.00215. The van der Waals surface area contributed by atoms with Gasteiger partial charge in [0.15, 0.2) is 0 Å².